The lowest BCUT2D eigenvalue weighted by Gasteiger charge is -2.01. The van der Waals surface area contributed by atoms with Gasteiger partial charge in [-0.2, -0.15) is 0 Å². The van der Waals surface area contributed by atoms with E-state index in [1.165, 1.54) is 11.8 Å². The summed E-state index contributed by atoms with van der Waals surface area (Å²) in [5, 5.41) is 9.28. The van der Waals surface area contributed by atoms with Gasteiger partial charge >= 0.3 is 0 Å². The van der Waals surface area contributed by atoms with Crippen LogP contribution in [-0.2, 0) is 11.4 Å². The van der Waals surface area contributed by atoms with Gasteiger partial charge in [-0.25, -0.2) is 0 Å². The third-order valence-corrected chi connectivity index (χ3v) is 3.76. The molecule has 0 atom stereocenters. The number of carbonyl (C=O) groups is 1. The molecule has 0 radical (unpaired) electrons. The Hall–Kier alpha value is -0.580. The summed E-state index contributed by atoms with van der Waals surface area (Å²) in [7, 11) is 0. The molecule has 0 aromatic heterocycles. The standard InChI is InChI=1S/C13H15BrO2S/c1-10(16)17-7-3-2-4-11-5-6-13(14)12(8-11)9-15/h2,4-6,8,15H,3,7,9H2,1H3. The monoisotopic (exact) mass is 314 g/mol. The van der Waals surface area contributed by atoms with Crippen LogP contribution in [0.4, 0.5) is 0 Å². The van der Waals surface area contributed by atoms with Crippen LogP contribution >= 0.6 is 27.7 Å². The maximum Gasteiger partial charge on any atom is 0.185 e. The summed E-state index contributed by atoms with van der Waals surface area (Å²) in [6.45, 7) is 1.61. The molecule has 0 amide bonds. The average molecular weight is 315 g/mol. The first-order chi connectivity index (χ1) is 8.13. The van der Waals surface area contributed by atoms with Gasteiger partial charge in [-0.15, -0.1) is 0 Å². The molecule has 17 heavy (non-hydrogen) atoms. The molecule has 0 spiro atoms. The van der Waals surface area contributed by atoms with Crippen LogP contribution in [0.1, 0.15) is 24.5 Å². The van der Waals surface area contributed by atoms with Crippen molar-refractivity contribution in [1.82, 2.24) is 0 Å². The third kappa shape index (κ3) is 5.52. The number of benzene rings is 1. The quantitative estimate of drug-likeness (QED) is 0.843. The Bertz CT molecular complexity index is 416. The second-order valence-corrected chi connectivity index (χ2v) is 5.67. The van der Waals surface area contributed by atoms with E-state index in [1.54, 1.807) is 6.92 Å². The first-order valence-electron chi connectivity index (χ1n) is 5.32. The normalized spacial score (nSPS) is 11.0. The molecule has 0 aliphatic rings. The van der Waals surface area contributed by atoms with Gasteiger partial charge in [-0.1, -0.05) is 45.9 Å². The van der Waals surface area contributed by atoms with Crippen molar-refractivity contribution in [3.8, 4) is 0 Å². The zero-order chi connectivity index (χ0) is 12.7. The van der Waals surface area contributed by atoms with Crippen LogP contribution in [0.25, 0.3) is 6.08 Å². The number of thioether (sulfide) groups is 1. The van der Waals surface area contributed by atoms with Gasteiger partial charge in [-0.3, -0.25) is 4.79 Å². The lowest BCUT2D eigenvalue weighted by atomic mass is 10.1. The van der Waals surface area contributed by atoms with Crippen molar-refractivity contribution in [2.75, 3.05) is 5.75 Å². The minimum atomic E-state index is 0.0302. The summed E-state index contributed by atoms with van der Waals surface area (Å²) in [4.78, 5) is 10.7. The highest BCUT2D eigenvalue weighted by atomic mass is 79.9. The number of hydrogen-bond donors (Lipinski definition) is 1. The van der Waals surface area contributed by atoms with Gasteiger partial charge in [0.1, 0.15) is 0 Å². The molecular weight excluding hydrogens is 300 g/mol. The molecule has 1 aromatic carbocycles. The molecule has 0 fully saturated rings. The highest BCUT2D eigenvalue weighted by Crippen LogP contribution is 2.19. The zero-order valence-corrected chi connectivity index (χ0v) is 12.1. The molecule has 0 saturated carbocycles. The summed E-state index contributed by atoms with van der Waals surface area (Å²) in [6.07, 6.45) is 4.92. The molecule has 0 unspecified atom stereocenters. The van der Waals surface area contributed by atoms with Gasteiger partial charge in [0.05, 0.1) is 6.61 Å². The molecule has 1 rings (SSSR count). The van der Waals surface area contributed by atoms with E-state index in [0.717, 1.165) is 27.8 Å². The summed E-state index contributed by atoms with van der Waals surface area (Å²) in [5.74, 6) is 0.815. The Kier molecular flexibility index (Phi) is 6.55. The fraction of sp³-hybridized carbons (Fsp3) is 0.308. The Labute approximate surface area is 114 Å². The van der Waals surface area contributed by atoms with E-state index in [0.29, 0.717) is 0 Å². The van der Waals surface area contributed by atoms with Crippen molar-refractivity contribution >= 4 is 38.9 Å². The fourth-order valence-electron chi connectivity index (χ4n) is 1.31. The van der Waals surface area contributed by atoms with Gasteiger partial charge in [0.2, 0.25) is 0 Å². The van der Waals surface area contributed by atoms with Crippen LogP contribution in [0.15, 0.2) is 28.7 Å². The van der Waals surface area contributed by atoms with Crippen LogP contribution in [0.5, 0.6) is 0 Å². The van der Waals surface area contributed by atoms with Crippen LogP contribution < -0.4 is 0 Å². The number of carbonyl (C=O) groups excluding carboxylic acids is 1. The Morgan fingerprint density at radius 3 is 2.94 bits per heavy atom. The predicted molar refractivity (Wildman–Crippen MR) is 76.9 cm³/mol. The van der Waals surface area contributed by atoms with Crippen LogP contribution in [-0.4, -0.2) is 16.0 Å². The molecule has 0 aliphatic carbocycles. The molecule has 0 saturated heterocycles. The molecular formula is C13H15BrO2S. The number of halogens is 1. The summed E-state index contributed by atoms with van der Waals surface area (Å²) >= 11 is 4.71. The van der Waals surface area contributed by atoms with Crippen molar-refractivity contribution in [3.05, 3.63) is 39.9 Å². The van der Waals surface area contributed by atoms with E-state index in [9.17, 15) is 4.79 Å². The Balaban J connectivity index is 2.50. The predicted octanol–water partition coefficient (Wildman–Crippen LogP) is 3.62. The van der Waals surface area contributed by atoms with E-state index in [4.69, 9.17) is 5.11 Å². The van der Waals surface area contributed by atoms with Gasteiger partial charge < -0.3 is 5.11 Å². The van der Waals surface area contributed by atoms with Crippen molar-refractivity contribution in [1.29, 1.82) is 0 Å². The lowest BCUT2D eigenvalue weighted by Crippen LogP contribution is -1.86. The summed E-state index contributed by atoms with van der Waals surface area (Å²) in [5.41, 5.74) is 1.94. The van der Waals surface area contributed by atoms with Crippen molar-refractivity contribution < 1.29 is 9.90 Å². The molecule has 2 nitrogen and oxygen atoms in total. The average Bonchev–Trinajstić information content (AvgIpc) is 2.30. The van der Waals surface area contributed by atoms with Gasteiger partial charge in [0.25, 0.3) is 0 Å². The number of hydrogen-bond acceptors (Lipinski definition) is 3. The van der Waals surface area contributed by atoms with Gasteiger partial charge in [-0.05, 0) is 29.7 Å². The molecule has 0 heterocycles. The lowest BCUT2D eigenvalue weighted by molar-refractivity contribution is -0.109. The number of allylic oxidation sites excluding steroid dienone is 1. The number of aliphatic hydroxyl groups excluding tert-OH is 1. The second kappa shape index (κ2) is 7.69. The molecule has 0 aliphatic heterocycles. The van der Waals surface area contributed by atoms with Crippen LogP contribution in [0, 0.1) is 0 Å². The van der Waals surface area contributed by atoms with Crippen molar-refractivity contribution in [2.45, 2.75) is 20.0 Å². The first-order valence-corrected chi connectivity index (χ1v) is 7.10. The summed E-state index contributed by atoms with van der Waals surface area (Å²) < 4.78 is 0.921. The minimum absolute atomic E-state index is 0.0302. The Morgan fingerprint density at radius 2 is 2.29 bits per heavy atom. The topological polar surface area (TPSA) is 37.3 Å². The molecule has 1 aromatic rings. The fourth-order valence-corrected chi connectivity index (χ4v) is 2.22. The third-order valence-electron chi connectivity index (χ3n) is 2.14. The van der Waals surface area contributed by atoms with Crippen molar-refractivity contribution in [3.63, 3.8) is 0 Å². The maximum absolute atomic E-state index is 10.7. The van der Waals surface area contributed by atoms with Crippen molar-refractivity contribution in [2.24, 2.45) is 0 Å². The number of rotatable bonds is 5. The van der Waals surface area contributed by atoms with Gasteiger partial charge in [0.15, 0.2) is 5.12 Å². The van der Waals surface area contributed by atoms with E-state index < -0.39 is 0 Å². The summed E-state index contributed by atoms with van der Waals surface area (Å²) in [6, 6.07) is 5.85. The molecule has 1 N–H and O–H groups in total. The Morgan fingerprint density at radius 1 is 1.53 bits per heavy atom. The molecule has 4 heteroatoms. The molecule has 92 valence electrons. The minimum Gasteiger partial charge on any atom is -0.392 e. The number of aliphatic hydroxyl groups is 1. The van der Waals surface area contributed by atoms with E-state index >= 15 is 0 Å². The van der Waals surface area contributed by atoms with Crippen LogP contribution in [0.2, 0.25) is 0 Å². The van der Waals surface area contributed by atoms with E-state index in [1.807, 2.05) is 30.4 Å². The zero-order valence-electron chi connectivity index (χ0n) is 9.65. The van der Waals surface area contributed by atoms with E-state index in [-0.39, 0.29) is 11.7 Å². The van der Waals surface area contributed by atoms with Gasteiger partial charge in [0, 0.05) is 17.1 Å². The highest BCUT2D eigenvalue weighted by molar-refractivity contribution is 9.10. The smallest absolute Gasteiger partial charge is 0.185 e. The largest absolute Gasteiger partial charge is 0.392 e. The van der Waals surface area contributed by atoms with Crippen LogP contribution in [0.3, 0.4) is 0 Å². The molecule has 0 bridgehead atoms. The van der Waals surface area contributed by atoms with E-state index in [2.05, 4.69) is 15.9 Å². The maximum atomic E-state index is 10.7. The first kappa shape index (κ1) is 14.5. The highest BCUT2D eigenvalue weighted by Gasteiger charge is 1.98. The second-order valence-electron chi connectivity index (χ2n) is 3.54. The SMILES string of the molecule is CC(=O)SCCC=Cc1ccc(Br)c(CO)c1.